The van der Waals surface area contributed by atoms with Crippen molar-refractivity contribution in [2.75, 3.05) is 17.7 Å². The summed E-state index contributed by atoms with van der Waals surface area (Å²) in [6, 6.07) is 11.1. The Balaban J connectivity index is 1.68. The van der Waals surface area contributed by atoms with Crippen molar-refractivity contribution in [1.82, 2.24) is 0 Å². The van der Waals surface area contributed by atoms with Crippen molar-refractivity contribution in [3.05, 3.63) is 59.2 Å². The number of carbonyl (C=O) groups excluding carboxylic acids is 2. The number of hydrogen-bond donors (Lipinski definition) is 3. The van der Waals surface area contributed by atoms with E-state index < -0.39 is 5.97 Å². The van der Waals surface area contributed by atoms with Gasteiger partial charge in [0, 0.05) is 30.0 Å². The van der Waals surface area contributed by atoms with Gasteiger partial charge in [-0.05, 0) is 60.4 Å². The monoisotopic (exact) mass is 382 g/mol. The molecule has 3 N–H and O–H groups in total. The van der Waals surface area contributed by atoms with Crippen molar-refractivity contribution in [3.63, 3.8) is 0 Å². The minimum Gasteiger partial charge on any atom is -0.478 e. The Morgan fingerprint density at radius 1 is 1.04 bits per heavy atom. The molecule has 1 aliphatic carbocycles. The molecule has 3 rings (SSSR count). The highest BCUT2D eigenvalue weighted by atomic mass is 16.5. The van der Waals surface area contributed by atoms with E-state index in [1.165, 1.54) is 19.2 Å². The van der Waals surface area contributed by atoms with Crippen LogP contribution in [0.2, 0.25) is 0 Å². The first kappa shape index (κ1) is 19.6. The van der Waals surface area contributed by atoms with Crippen molar-refractivity contribution >= 4 is 29.2 Å². The van der Waals surface area contributed by atoms with Crippen LogP contribution in [-0.4, -0.2) is 30.0 Å². The van der Waals surface area contributed by atoms with Gasteiger partial charge in [0.2, 0.25) is 5.91 Å². The standard InChI is InChI=1S/C21H22N2O5/c1-12-7-18(12)20(25)22-16-5-3-14(4-6-16)19(24)23-17-9-13(11-28-2)8-15(10-17)21(26)27/h3-6,8-10,12,18H,7,11H2,1-2H3,(H,22,25)(H,23,24)(H,26,27). The maximum Gasteiger partial charge on any atom is 0.335 e. The van der Waals surface area contributed by atoms with Gasteiger partial charge in [0.15, 0.2) is 0 Å². The predicted octanol–water partition coefficient (Wildman–Crippen LogP) is 3.38. The molecule has 146 valence electrons. The lowest BCUT2D eigenvalue weighted by molar-refractivity contribution is -0.117. The van der Waals surface area contributed by atoms with Crippen LogP contribution >= 0.6 is 0 Å². The molecule has 28 heavy (non-hydrogen) atoms. The van der Waals surface area contributed by atoms with Gasteiger partial charge in [-0.25, -0.2) is 4.79 Å². The quantitative estimate of drug-likeness (QED) is 0.681. The molecule has 1 aliphatic rings. The highest BCUT2D eigenvalue weighted by Crippen LogP contribution is 2.38. The van der Waals surface area contributed by atoms with Crippen LogP contribution in [0, 0.1) is 11.8 Å². The summed E-state index contributed by atoms with van der Waals surface area (Å²) in [6.07, 6.45) is 0.910. The molecule has 0 bridgehead atoms. The van der Waals surface area contributed by atoms with Crippen molar-refractivity contribution in [2.45, 2.75) is 20.0 Å². The summed E-state index contributed by atoms with van der Waals surface area (Å²) < 4.78 is 5.04. The summed E-state index contributed by atoms with van der Waals surface area (Å²) in [5.74, 6) is -0.959. The first-order chi connectivity index (χ1) is 13.4. The number of carbonyl (C=O) groups is 3. The molecule has 1 fully saturated rings. The molecule has 2 atom stereocenters. The van der Waals surface area contributed by atoms with Crippen LogP contribution in [0.1, 0.15) is 39.6 Å². The molecule has 0 aliphatic heterocycles. The van der Waals surface area contributed by atoms with E-state index >= 15 is 0 Å². The number of ether oxygens (including phenoxy) is 1. The molecule has 0 heterocycles. The molecule has 2 aromatic carbocycles. The smallest absolute Gasteiger partial charge is 0.335 e. The Morgan fingerprint density at radius 3 is 2.29 bits per heavy atom. The van der Waals surface area contributed by atoms with Crippen LogP contribution in [0.3, 0.4) is 0 Å². The van der Waals surface area contributed by atoms with E-state index in [-0.39, 0.29) is 29.9 Å². The van der Waals surface area contributed by atoms with Gasteiger partial charge in [0.05, 0.1) is 12.2 Å². The summed E-state index contributed by atoms with van der Waals surface area (Å²) in [5.41, 5.74) is 2.11. The molecular formula is C21H22N2O5. The highest BCUT2D eigenvalue weighted by molar-refractivity contribution is 6.05. The SMILES string of the molecule is COCc1cc(NC(=O)c2ccc(NC(=O)C3CC3C)cc2)cc(C(=O)O)c1. The van der Waals surface area contributed by atoms with Crippen molar-refractivity contribution in [1.29, 1.82) is 0 Å². The fraction of sp³-hybridized carbons (Fsp3) is 0.286. The van der Waals surface area contributed by atoms with Gasteiger partial charge in [-0.15, -0.1) is 0 Å². The van der Waals surface area contributed by atoms with E-state index in [4.69, 9.17) is 4.74 Å². The van der Waals surface area contributed by atoms with E-state index in [0.29, 0.717) is 28.4 Å². The topological polar surface area (TPSA) is 105 Å². The fourth-order valence-electron chi connectivity index (χ4n) is 2.97. The van der Waals surface area contributed by atoms with E-state index in [2.05, 4.69) is 10.6 Å². The highest BCUT2D eigenvalue weighted by Gasteiger charge is 2.39. The minimum atomic E-state index is -1.08. The third-order valence-electron chi connectivity index (χ3n) is 4.67. The zero-order valence-electron chi connectivity index (χ0n) is 15.7. The largest absolute Gasteiger partial charge is 0.478 e. The lowest BCUT2D eigenvalue weighted by Gasteiger charge is -2.10. The number of amides is 2. The summed E-state index contributed by atoms with van der Waals surface area (Å²) >= 11 is 0. The summed E-state index contributed by atoms with van der Waals surface area (Å²) in [5, 5.41) is 14.8. The van der Waals surface area contributed by atoms with Crippen LogP contribution in [-0.2, 0) is 16.1 Å². The predicted molar refractivity (Wildman–Crippen MR) is 104 cm³/mol. The van der Waals surface area contributed by atoms with Crippen LogP contribution in [0.5, 0.6) is 0 Å². The van der Waals surface area contributed by atoms with Crippen LogP contribution < -0.4 is 10.6 Å². The number of carboxylic acids is 1. The van der Waals surface area contributed by atoms with Gasteiger partial charge in [0.1, 0.15) is 0 Å². The number of hydrogen-bond acceptors (Lipinski definition) is 4. The van der Waals surface area contributed by atoms with Crippen LogP contribution in [0.4, 0.5) is 11.4 Å². The Morgan fingerprint density at radius 2 is 1.71 bits per heavy atom. The lowest BCUT2D eigenvalue weighted by Crippen LogP contribution is -2.15. The van der Waals surface area contributed by atoms with Crippen molar-refractivity contribution in [3.8, 4) is 0 Å². The zero-order valence-corrected chi connectivity index (χ0v) is 15.7. The molecule has 0 spiro atoms. The number of methoxy groups -OCH3 is 1. The third-order valence-corrected chi connectivity index (χ3v) is 4.67. The Kier molecular flexibility index (Phi) is 5.75. The minimum absolute atomic E-state index is 0.000796. The number of rotatable bonds is 7. The maximum absolute atomic E-state index is 12.5. The van der Waals surface area contributed by atoms with E-state index in [1.54, 1.807) is 30.3 Å². The second kappa shape index (κ2) is 8.22. The van der Waals surface area contributed by atoms with Crippen LogP contribution in [0.25, 0.3) is 0 Å². The number of anilines is 2. The number of benzene rings is 2. The number of carboxylic acid groups (broad SMARTS) is 1. The summed E-state index contributed by atoms with van der Waals surface area (Å²) in [4.78, 5) is 35.7. The molecule has 2 amide bonds. The summed E-state index contributed by atoms with van der Waals surface area (Å²) in [6.45, 7) is 2.27. The number of nitrogens with one attached hydrogen (secondary N) is 2. The molecule has 0 radical (unpaired) electrons. The fourth-order valence-corrected chi connectivity index (χ4v) is 2.97. The molecule has 7 heteroatoms. The van der Waals surface area contributed by atoms with Crippen molar-refractivity contribution in [2.24, 2.45) is 11.8 Å². The molecule has 2 unspecified atom stereocenters. The van der Waals surface area contributed by atoms with Crippen molar-refractivity contribution < 1.29 is 24.2 Å². The third kappa shape index (κ3) is 4.75. The molecule has 0 saturated heterocycles. The van der Waals surface area contributed by atoms with Gasteiger partial charge in [0.25, 0.3) is 5.91 Å². The van der Waals surface area contributed by atoms with Gasteiger partial charge < -0.3 is 20.5 Å². The molecule has 1 saturated carbocycles. The first-order valence-corrected chi connectivity index (χ1v) is 8.96. The molecule has 7 nitrogen and oxygen atoms in total. The van der Waals surface area contributed by atoms with Gasteiger partial charge in [-0.1, -0.05) is 6.92 Å². The number of aromatic carboxylic acids is 1. The van der Waals surface area contributed by atoms with E-state index in [9.17, 15) is 19.5 Å². The second-order valence-electron chi connectivity index (χ2n) is 7.00. The Labute approximate surface area is 162 Å². The van der Waals surface area contributed by atoms with E-state index in [0.717, 1.165) is 6.42 Å². The van der Waals surface area contributed by atoms with Gasteiger partial charge >= 0.3 is 5.97 Å². The Bertz CT molecular complexity index is 908. The van der Waals surface area contributed by atoms with Gasteiger partial charge in [-0.3, -0.25) is 9.59 Å². The maximum atomic E-state index is 12.5. The van der Waals surface area contributed by atoms with Gasteiger partial charge in [-0.2, -0.15) is 0 Å². The first-order valence-electron chi connectivity index (χ1n) is 8.96. The second-order valence-corrected chi connectivity index (χ2v) is 7.00. The van der Waals surface area contributed by atoms with Crippen LogP contribution in [0.15, 0.2) is 42.5 Å². The molecule has 0 aromatic heterocycles. The average Bonchev–Trinajstić information content (AvgIpc) is 3.39. The summed E-state index contributed by atoms with van der Waals surface area (Å²) in [7, 11) is 1.51. The lowest BCUT2D eigenvalue weighted by atomic mass is 10.1. The average molecular weight is 382 g/mol. The molecule has 2 aromatic rings. The normalized spacial score (nSPS) is 17.6. The zero-order chi connectivity index (χ0) is 20.3. The van der Waals surface area contributed by atoms with E-state index in [1.807, 2.05) is 6.92 Å². The Hall–Kier alpha value is -3.19. The molecular weight excluding hydrogens is 360 g/mol.